The molecule has 0 atom stereocenters. The second kappa shape index (κ2) is 44.4. The molecule has 0 heterocycles. The molecule has 0 saturated carbocycles. The highest BCUT2D eigenvalue weighted by atomic mass is 16.5. The molecule has 0 unspecified atom stereocenters. The fourth-order valence-corrected chi connectivity index (χ4v) is 7.33. The Morgan fingerprint density at radius 2 is 0.750 bits per heavy atom. The summed E-state index contributed by atoms with van der Waals surface area (Å²) in [6.07, 6.45) is 37.7. The Morgan fingerprint density at radius 1 is 0.411 bits per heavy atom. The number of ether oxygens (including phenoxy) is 3. The van der Waals surface area contributed by atoms with Gasteiger partial charge in [-0.1, -0.05) is 156 Å². The Kier molecular flexibility index (Phi) is 43.1. The highest BCUT2D eigenvalue weighted by molar-refractivity contribution is 5.70. The SMILES string of the molecule is CCCCCCCCCCCOC(=O)CCCCCN(CCO)CCCCCCOC(=O)CCCCC(=O)OC(CCCCCCCC)CCCCCCCC. The van der Waals surface area contributed by atoms with Crippen molar-refractivity contribution in [1.29, 1.82) is 0 Å². The van der Waals surface area contributed by atoms with Crippen LogP contribution < -0.4 is 0 Å². The van der Waals surface area contributed by atoms with E-state index in [4.69, 9.17) is 14.2 Å². The molecule has 0 aromatic heterocycles. The fraction of sp³-hybridized carbons (Fsp3) is 0.938. The third-order valence-electron chi connectivity index (χ3n) is 11.0. The van der Waals surface area contributed by atoms with E-state index in [-0.39, 0.29) is 30.6 Å². The van der Waals surface area contributed by atoms with Gasteiger partial charge in [-0.25, -0.2) is 0 Å². The molecule has 0 aromatic carbocycles. The van der Waals surface area contributed by atoms with Gasteiger partial charge in [0.15, 0.2) is 0 Å². The highest BCUT2D eigenvalue weighted by Crippen LogP contribution is 2.18. The van der Waals surface area contributed by atoms with E-state index in [1.807, 2.05) is 0 Å². The molecule has 0 aromatic rings. The van der Waals surface area contributed by atoms with Crippen LogP contribution in [0.4, 0.5) is 0 Å². The Bertz CT molecular complexity index is 837. The molecule has 0 amide bonds. The summed E-state index contributed by atoms with van der Waals surface area (Å²) < 4.78 is 16.8. The highest BCUT2D eigenvalue weighted by Gasteiger charge is 2.15. The van der Waals surface area contributed by atoms with Gasteiger partial charge in [0.1, 0.15) is 6.10 Å². The smallest absolute Gasteiger partial charge is 0.306 e. The minimum absolute atomic E-state index is 0.0372. The minimum atomic E-state index is -0.177. The Balaban J connectivity index is 3.92. The summed E-state index contributed by atoms with van der Waals surface area (Å²) in [5.74, 6) is -0.362. The lowest BCUT2D eigenvalue weighted by Crippen LogP contribution is -2.29. The van der Waals surface area contributed by atoms with E-state index >= 15 is 0 Å². The second-order valence-electron chi connectivity index (χ2n) is 16.5. The van der Waals surface area contributed by atoms with E-state index in [9.17, 15) is 19.5 Å². The molecule has 0 aliphatic rings. The van der Waals surface area contributed by atoms with Crippen LogP contribution in [0, 0.1) is 0 Å². The summed E-state index contributed by atoms with van der Waals surface area (Å²) in [6, 6.07) is 0. The number of hydrogen-bond donors (Lipinski definition) is 1. The normalized spacial score (nSPS) is 11.5. The van der Waals surface area contributed by atoms with Gasteiger partial charge in [-0.2, -0.15) is 0 Å². The first-order valence-electron chi connectivity index (χ1n) is 24.3. The summed E-state index contributed by atoms with van der Waals surface area (Å²) in [4.78, 5) is 39.3. The predicted molar refractivity (Wildman–Crippen MR) is 234 cm³/mol. The first-order valence-corrected chi connectivity index (χ1v) is 24.3. The molecule has 0 saturated heterocycles. The van der Waals surface area contributed by atoms with Gasteiger partial charge in [-0.05, 0) is 83.7 Å². The van der Waals surface area contributed by atoms with Crippen molar-refractivity contribution >= 4 is 17.9 Å². The molecule has 56 heavy (non-hydrogen) atoms. The first kappa shape index (κ1) is 54.3. The van der Waals surface area contributed by atoms with Crippen molar-refractivity contribution in [2.45, 2.75) is 252 Å². The monoisotopic (exact) mass is 796 g/mol. The number of carbonyl (C=O) groups excluding carboxylic acids is 3. The molecule has 0 fully saturated rings. The zero-order valence-electron chi connectivity index (χ0n) is 37.4. The van der Waals surface area contributed by atoms with Crippen LogP contribution in [0.1, 0.15) is 245 Å². The van der Waals surface area contributed by atoms with E-state index in [2.05, 4.69) is 25.7 Å². The van der Waals surface area contributed by atoms with Gasteiger partial charge >= 0.3 is 17.9 Å². The maximum Gasteiger partial charge on any atom is 0.306 e. The van der Waals surface area contributed by atoms with Crippen LogP contribution in [0.15, 0.2) is 0 Å². The molecule has 8 nitrogen and oxygen atoms in total. The van der Waals surface area contributed by atoms with Gasteiger partial charge < -0.3 is 24.2 Å². The van der Waals surface area contributed by atoms with Gasteiger partial charge in [0, 0.05) is 25.8 Å². The van der Waals surface area contributed by atoms with Crippen molar-refractivity contribution < 1.29 is 33.7 Å². The number of carbonyl (C=O) groups is 3. The van der Waals surface area contributed by atoms with Crippen LogP contribution in [0.2, 0.25) is 0 Å². The van der Waals surface area contributed by atoms with Crippen LogP contribution in [-0.2, 0) is 28.6 Å². The lowest BCUT2D eigenvalue weighted by Gasteiger charge is -2.21. The molecule has 0 radical (unpaired) electrons. The maximum absolute atomic E-state index is 12.6. The Hall–Kier alpha value is -1.67. The molecular weight excluding hydrogens is 703 g/mol. The van der Waals surface area contributed by atoms with Crippen molar-refractivity contribution in [3.8, 4) is 0 Å². The van der Waals surface area contributed by atoms with E-state index in [0.29, 0.717) is 51.9 Å². The topological polar surface area (TPSA) is 102 Å². The van der Waals surface area contributed by atoms with E-state index in [1.54, 1.807) is 0 Å². The molecule has 332 valence electrons. The second-order valence-corrected chi connectivity index (χ2v) is 16.5. The third-order valence-corrected chi connectivity index (χ3v) is 11.0. The predicted octanol–water partition coefficient (Wildman–Crippen LogP) is 13.0. The molecule has 0 bridgehead atoms. The van der Waals surface area contributed by atoms with Crippen molar-refractivity contribution in [3.63, 3.8) is 0 Å². The summed E-state index contributed by atoms with van der Waals surface area (Å²) in [5, 5.41) is 9.51. The summed E-state index contributed by atoms with van der Waals surface area (Å²) >= 11 is 0. The van der Waals surface area contributed by atoms with Crippen LogP contribution in [0.3, 0.4) is 0 Å². The van der Waals surface area contributed by atoms with Crippen molar-refractivity contribution in [2.24, 2.45) is 0 Å². The quantitative estimate of drug-likeness (QED) is 0.0369. The zero-order chi connectivity index (χ0) is 41.0. The maximum atomic E-state index is 12.6. The van der Waals surface area contributed by atoms with E-state index in [0.717, 1.165) is 96.6 Å². The molecule has 0 spiro atoms. The number of aliphatic hydroxyl groups is 1. The van der Waals surface area contributed by atoms with Crippen molar-refractivity contribution in [2.75, 3.05) is 39.5 Å². The number of rotatable bonds is 45. The lowest BCUT2D eigenvalue weighted by atomic mass is 10.0. The van der Waals surface area contributed by atoms with Crippen LogP contribution in [-0.4, -0.2) is 73.5 Å². The van der Waals surface area contributed by atoms with Crippen LogP contribution in [0.5, 0.6) is 0 Å². The average Bonchev–Trinajstić information content (AvgIpc) is 3.19. The number of nitrogens with zero attached hydrogens (tertiary/aromatic N) is 1. The van der Waals surface area contributed by atoms with Gasteiger partial charge in [0.2, 0.25) is 0 Å². The molecule has 0 aliphatic carbocycles. The molecule has 0 rings (SSSR count). The molecule has 0 aliphatic heterocycles. The number of unbranched alkanes of at least 4 members (excludes halogenated alkanes) is 24. The standard InChI is InChI=1S/C48H93NO7/c1-4-7-10-13-16-17-18-22-32-43-54-46(51)36-27-24-31-40-49(41-42-50)39-30-21-23-33-44-55-47(52)37-28-29-38-48(53)56-45(34-25-19-14-11-8-5-2)35-26-20-15-12-9-6-3/h45,50H,4-44H2,1-3H3. The van der Waals surface area contributed by atoms with Crippen molar-refractivity contribution in [3.05, 3.63) is 0 Å². The molecular formula is C48H93NO7. The first-order chi connectivity index (χ1) is 27.5. The summed E-state index contributed by atoms with van der Waals surface area (Å²) in [5.41, 5.74) is 0. The summed E-state index contributed by atoms with van der Waals surface area (Å²) in [6.45, 7) is 10.4. The van der Waals surface area contributed by atoms with Crippen LogP contribution in [0.25, 0.3) is 0 Å². The van der Waals surface area contributed by atoms with Crippen molar-refractivity contribution in [1.82, 2.24) is 4.90 Å². The fourth-order valence-electron chi connectivity index (χ4n) is 7.33. The largest absolute Gasteiger partial charge is 0.466 e. The van der Waals surface area contributed by atoms with Gasteiger partial charge in [-0.3, -0.25) is 14.4 Å². The van der Waals surface area contributed by atoms with Gasteiger partial charge in [0.05, 0.1) is 19.8 Å². The number of esters is 3. The van der Waals surface area contributed by atoms with E-state index in [1.165, 1.54) is 109 Å². The van der Waals surface area contributed by atoms with Gasteiger partial charge in [0.25, 0.3) is 0 Å². The average molecular weight is 796 g/mol. The van der Waals surface area contributed by atoms with Crippen LogP contribution >= 0.6 is 0 Å². The number of hydrogen-bond acceptors (Lipinski definition) is 8. The molecule has 1 N–H and O–H groups in total. The Labute approximate surface area is 346 Å². The molecule has 8 heteroatoms. The van der Waals surface area contributed by atoms with E-state index < -0.39 is 0 Å². The minimum Gasteiger partial charge on any atom is -0.466 e. The lowest BCUT2D eigenvalue weighted by molar-refractivity contribution is -0.150. The zero-order valence-corrected chi connectivity index (χ0v) is 37.4. The van der Waals surface area contributed by atoms with Gasteiger partial charge in [-0.15, -0.1) is 0 Å². The third kappa shape index (κ3) is 40.5. The summed E-state index contributed by atoms with van der Waals surface area (Å²) in [7, 11) is 0. The Morgan fingerprint density at radius 3 is 1.18 bits per heavy atom. The number of aliphatic hydroxyl groups excluding tert-OH is 1.